The molecule has 1 heterocycles. The van der Waals surface area contributed by atoms with E-state index in [4.69, 9.17) is 0 Å². The molecule has 8 heteroatoms. The molecule has 2 aliphatic rings. The summed E-state index contributed by atoms with van der Waals surface area (Å²) in [4.78, 5) is 18.7. The highest BCUT2D eigenvalue weighted by Gasteiger charge is 2.40. The minimum absolute atomic E-state index is 0.0776. The molecule has 0 saturated heterocycles. The maximum Gasteiger partial charge on any atom is 0.395 e. The van der Waals surface area contributed by atoms with Crippen LogP contribution in [0, 0.1) is 5.92 Å². The Labute approximate surface area is 185 Å². The van der Waals surface area contributed by atoms with Crippen LogP contribution in [-0.4, -0.2) is 45.8 Å². The van der Waals surface area contributed by atoms with Crippen LogP contribution in [0.5, 0.6) is 0 Å². The molecule has 4 nitrogen and oxygen atoms in total. The number of rotatable bonds is 5. The highest BCUT2D eigenvalue weighted by Crippen LogP contribution is 2.37. The number of thiazole rings is 1. The van der Waals surface area contributed by atoms with Crippen LogP contribution in [0.4, 0.5) is 13.2 Å². The number of halogens is 3. The topological polar surface area (TPSA) is 53.4 Å². The molecule has 1 unspecified atom stereocenters. The molecule has 2 aliphatic carbocycles. The average molecular weight is 455 g/mol. The summed E-state index contributed by atoms with van der Waals surface area (Å²) in [6.45, 7) is 1.33. The van der Waals surface area contributed by atoms with Crippen molar-refractivity contribution in [3.05, 3.63) is 52.5 Å². The monoisotopic (exact) mass is 454 g/mol. The Morgan fingerprint density at radius 1 is 1.13 bits per heavy atom. The Bertz CT molecular complexity index is 782. The zero-order valence-corrected chi connectivity index (χ0v) is 18.4. The summed E-state index contributed by atoms with van der Waals surface area (Å²) >= 11 is 1.60. The van der Waals surface area contributed by atoms with Crippen molar-refractivity contribution in [2.45, 2.75) is 69.6 Å². The van der Waals surface area contributed by atoms with Gasteiger partial charge in [0, 0.05) is 35.8 Å². The zero-order valence-electron chi connectivity index (χ0n) is 17.6. The third-order valence-corrected chi connectivity index (χ3v) is 6.66. The van der Waals surface area contributed by atoms with Gasteiger partial charge in [0.1, 0.15) is 0 Å². The molecule has 1 atom stereocenters. The Kier molecular flexibility index (Phi) is 8.11. The summed E-state index contributed by atoms with van der Waals surface area (Å²) in [5.74, 6) is -1.29. The minimum atomic E-state index is -4.28. The van der Waals surface area contributed by atoms with Gasteiger partial charge in [-0.1, -0.05) is 12.1 Å². The molecule has 0 spiro atoms. The maximum atomic E-state index is 13.0. The maximum absolute atomic E-state index is 13.0. The van der Waals surface area contributed by atoms with Crippen molar-refractivity contribution in [2.24, 2.45) is 5.92 Å². The fourth-order valence-corrected chi connectivity index (χ4v) is 4.37. The molecule has 1 N–H and O–H groups in total. The lowest BCUT2D eigenvalue weighted by molar-refractivity contribution is -0.146. The quantitative estimate of drug-likeness (QED) is 0.635. The SMILES string of the molecule is CC(c1ccc(C(=O)N(C2CCC(CO)CC2)C2CC2)cc1)C(F)(F)F.c1cscn1. The molecule has 31 heavy (non-hydrogen) atoms. The molecule has 4 rings (SSSR count). The van der Waals surface area contributed by atoms with Gasteiger partial charge in [-0.2, -0.15) is 13.2 Å². The third kappa shape index (κ3) is 6.53. The van der Waals surface area contributed by atoms with Crippen molar-refractivity contribution < 1.29 is 23.1 Å². The van der Waals surface area contributed by atoms with Gasteiger partial charge in [0.25, 0.3) is 5.91 Å². The number of carbonyl (C=O) groups is 1. The molecule has 2 saturated carbocycles. The van der Waals surface area contributed by atoms with Gasteiger partial charge in [-0.15, -0.1) is 11.3 Å². The summed E-state index contributed by atoms with van der Waals surface area (Å²) in [6, 6.07) is 6.31. The molecule has 1 aromatic heterocycles. The predicted molar refractivity (Wildman–Crippen MR) is 115 cm³/mol. The van der Waals surface area contributed by atoms with Crippen LogP contribution < -0.4 is 0 Å². The van der Waals surface area contributed by atoms with E-state index in [9.17, 15) is 23.1 Å². The number of aliphatic hydroxyl groups is 1. The number of nitrogens with zero attached hydrogens (tertiary/aromatic N) is 2. The van der Waals surface area contributed by atoms with Gasteiger partial charge in [-0.05, 0) is 69.1 Å². The third-order valence-electron chi connectivity index (χ3n) is 6.14. The second-order valence-electron chi connectivity index (χ2n) is 8.36. The van der Waals surface area contributed by atoms with Crippen molar-refractivity contribution in [2.75, 3.05) is 6.61 Å². The fourth-order valence-electron chi connectivity index (χ4n) is 4.02. The molecule has 1 amide bonds. The molecule has 170 valence electrons. The lowest BCUT2D eigenvalue weighted by Crippen LogP contribution is -2.44. The first-order chi connectivity index (χ1) is 14.8. The van der Waals surface area contributed by atoms with Crippen molar-refractivity contribution >= 4 is 17.2 Å². The molecular weight excluding hydrogens is 425 g/mol. The zero-order chi connectivity index (χ0) is 22.4. The lowest BCUT2D eigenvalue weighted by Gasteiger charge is -2.37. The van der Waals surface area contributed by atoms with Crippen molar-refractivity contribution in [1.29, 1.82) is 0 Å². The Morgan fingerprint density at radius 2 is 1.71 bits per heavy atom. The number of alkyl halides is 3. The predicted octanol–water partition coefficient (Wildman–Crippen LogP) is 5.65. The van der Waals surface area contributed by atoms with Gasteiger partial charge in [-0.25, -0.2) is 0 Å². The van der Waals surface area contributed by atoms with Crippen LogP contribution in [0.2, 0.25) is 0 Å². The number of aliphatic hydroxyl groups excluding tert-OH is 1. The molecule has 2 fully saturated rings. The van der Waals surface area contributed by atoms with Crippen LogP contribution in [-0.2, 0) is 0 Å². The van der Waals surface area contributed by atoms with Gasteiger partial charge in [0.05, 0.1) is 11.4 Å². The van der Waals surface area contributed by atoms with Crippen LogP contribution in [0.3, 0.4) is 0 Å². The van der Waals surface area contributed by atoms with E-state index in [-0.39, 0.29) is 30.2 Å². The van der Waals surface area contributed by atoms with E-state index in [2.05, 4.69) is 4.98 Å². The highest BCUT2D eigenvalue weighted by molar-refractivity contribution is 7.07. The first kappa shape index (κ1) is 23.7. The second kappa shape index (κ2) is 10.6. The summed E-state index contributed by atoms with van der Waals surface area (Å²) in [6.07, 6.45) is 3.08. The normalized spacial score (nSPS) is 22.2. The van der Waals surface area contributed by atoms with E-state index in [0.717, 1.165) is 45.4 Å². The van der Waals surface area contributed by atoms with Gasteiger partial charge < -0.3 is 10.0 Å². The second-order valence-corrected chi connectivity index (χ2v) is 9.12. The lowest BCUT2D eigenvalue weighted by atomic mass is 9.85. The molecule has 0 radical (unpaired) electrons. The van der Waals surface area contributed by atoms with Crippen LogP contribution in [0.15, 0.2) is 41.4 Å². The van der Waals surface area contributed by atoms with Crippen molar-refractivity contribution in [3.63, 3.8) is 0 Å². The number of carbonyl (C=O) groups excluding carboxylic acids is 1. The van der Waals surface area contributed by atoms with E-state index >= 15 is 0 Å². The number of benzene rings is 1. The fraction of sp³-hybridized carbons (Fsp3) is 0.565. The molecule has 2 aromatic rings. The Morgan fingerprint density at radius 3 is 2.10 bits per heavy atom. The molecule has 0 aliphatic heterocycles. The van der Waals surface area contributed by atoms with Crippen LogP contribution in [0.25, 0.3) is 0 Å². The molecular formula is C23H29F3N2O2S. The summed E-state index contributed by atoms with van der Waals surface area (Å²) in [7, 11) is 0. The summed E-state index contributed by atoms with van der Waals surface area (Å²) < 4.78 is 38.5. The standard InChI is InChI=1S/C20H26F3NO2.C3H3NS/c1-13(20(21,22)23)15-4-6-16(7-5-15)19(26)24(18-10-11-18)17-8-2-14(12-25)3-9-17;1-2-5-3-4-1/h4-7,13-14,17-18,25H,2-3,8-12H2,1H3;1-3H. The minimum Gasteiger partial charge on any atom is -0.396 e. The Hall–Kier alpha value is -1.93. The number of hydrogen-bond donors (Lipinski definition) is 1. The summed E-state index contributed by atoms with van der Waals surface area (Å²) in [5.41, 5.74) is 2.43. The number of hydrogen-bond acceptors (Lipinski definition) is 4. The highest BCUT2D eigenvalue weighted by atomic mass is 32.1. The van der Waals surface area contributed by atoms with Crippen molar-refractivity contribution in [1.82, 2.24) is 9.88 Å². The van der Waals surface area contributed by atoms with E-state index in [0.29, 0.717) is 11.5 Å². The average Bonchev–Trinajstić information content (AvgIpc) is 3.40. The molecule has 1 aromatic carbocycles. The van der Waals surface area contributed by atoms with Crippen LogP contribution >= 0.6 is 11.3 Å². The van der Waals surface area contributed by atoms with Gasteiger partial charge in [0.2, 0.25) is 0 Å². The van der Waals surface area contributed by atoms with Gasteiger partial charge in [-0.3, -0.25) is 9.78 Å². The Balaban J connectivity index is 0.000000478. The van der Waals surface area contributed by atoms with Gasteiger partial charge in [0.15, 0.2) is 0 Å². The van der Waals surface area contributed by atoms with Crippen molar-refractivity contribution in [3.8, 4) is 0 Å². The first-order valence-corrected chi connectivity index (χ1v) is 11.7. The number of aromatic nitrogens is 1. The van der Waals surface area contributed by atoms with E-state index < -0.39 is 12.1 Å². The van der Waals surface area contributed by atoms with E-state index in [1.807, 2.05) is 10.3 Å². The summed E-state index contributed by atoms with van der Waals surface area (Å²) in [5, 5.41) is 11.2. The largest absolute Gasteiger partial charge is 0.396 e. The van der Waals surface area contributed by atoms with Crippen LogP contribution in [0.1, 0.15) is 67.3 Å². The van der Waals surface area contributed by atoms with E-state index in [1.54, 1.807) is 23.0 Å². The number of amides is 1. The smallest absolute Gasteiger partial charge is 0.395 e. The molecule has 0 bridgehead atoms. The first-order valence-electron chi connectivity index (χ1n) is 10.7. The van der Waals surface area contributed by atoms with Gasteiger partial charge >= 0.3 is 6.18 Å². The van der Waals surface area contributed by atoms with E-state index in [1.165, 1.54) is 24.3 Å².